The third-order valence-electron chi connectivity index (χ3n) is 2.88. The molecule has 0 aliphatic rings. The van der Waals surface area contributed by atoms with Crippen LogP contribution in [0, 0.1) is 0 Å². The second-order valence-corrected chi connectivity index (χ2v) is 6.33. The minimum Gasteiger partial charge on any atom is -0.496 e. The van der Waals surface area contributed by atoms with Crippen molar-refractivity contribution in [2.45, 2.75) is 6.54 Å². The second-order valence-electron chi connectivity index (χ2n) is 4.59. The fourth-order valence-electron chi connectivity index (χ4n) is 1.97. The van der Waals surface area contributed by atoms with Crippen molar-refractivity contribution in [3.8, 4) is 5.75 Å². The van der Waals surface area contributed by atoms with Gasteiger partial charge in [-0.3, -0.25) is 4.72 Å². The fraction of sp³-hybridized carbons (Fsp3) is 0.200. The van der Waals surface area contributed by atoms with Gasteiger partial charge in [-0.15, -0.1) is 0 Å². The summed E-state index contributed by atoms with van der Waals surface area (Å²) in [5.41, 5.74) is 2.23. The Labute approximate surface area is 125 Å². The van der Waals surface area contributed by atoms with E-state index >= 15 is 0 Å². The van der Waals surface area contributed by atoms with E-state index in [0.717, 1.165) is 17.6 Å². The number of benzene rings is 2. The molecule has 2 aromatic carbocycles. The summed E-state index contributed by atoms with van der Waals surface area (Å²) in [6, 6.07) is 14.8. The van der Waals surface area contributed by atoms with Gasteiger partial charge in [0.25, 0.3) is 0 Å². The lowest BCUT2D eigenvalue weighted by molar-refractivity contribution is 0.410. The van der Waals surface area contributed by atoms with Gasteiger partial charge in [0.15, 0.2) is 0 Å². The number of hydrogen-bond donors (Lipinski definition) is 2. The average molecular weight is 306 g/mol. The van der Waals surface area contributed by atoms with Crippen molar-refractivity contribution in [2.24, 2.45) is 0 Å². The maximum Gasteiger partial charge on any atom is 0.229 e. The van der Waals surface area contributed by atoms with Gasteiger partial charge in [0.1, 0.15) is 5.75 Å². The first-order chi connectivity index (χ1) is 9.99. The quantitative estimate of drug-likeness (QED) is 0.861. The molecule has 2 N–H and O–H groups in total. The predicted octanol–water partition coefficient (Wildman–Crippen LogP) is 2.68. The maximum atomic E-state index is 11.4. The highest BCUT2D eigenvalue weighted by atomic mass is 32.2. The van der Waals surface area contributed by atoms with Crippen molar-refractivity contribution in [1.82, 2.24) is 0 Å². The monoisotopic (exact) mass is 306 g/mol. The van der Waals surface area contributed by atoms with Crippen LogP contribution in [0.4, 0.5) is 11.4 Å². The first kappa shape index (κ1) is 15.2. The topological polar surface area (TPSA) is 67.4 Å². The van der Waals surface area contributed by atoms with Crippen LogP contribution in [0.15, 0.2) is 48.5 Å². The fourth-order valence-corrected chi connectivity index (χ4v) is 2.54. The molecule has 0 aromatic heterocycles. The van der Waals surface area contributed by atoms with Crippen LogP contribution in [0.5, 0.6) is 5.75 Å². The van der Waals surface area contributed by atoms with Crippen molar-refractivity contribution < 1.29 is 13.2 Å². The second kappa shape index (κ2) is 6.49. The molecule has 0 atom stereocenters. The highest BCUT2D eigenvalue weighted by molar-refractivity contribution is 7.92. The summed E-state index contributed by atoms with van der Waals surface area (Å²) < 4.78 is 30.5. The number of nitrogens with one attached hydrogen (secondary N) is 2. The van der Waals surface area contributed by atoms with Crippen LogP contribution in [-0.4, -0.2) is 21.8 Å². The van der Waals surface area contributed by atoms with Crippen molar-refractivity contribution in [2.75, 3.05) is 23.4 Å². The summed E-state index contributed by atoms with van der Waals surface area (Å²) >= 11 is 0. The van der Waals surface area contributed by atoms with Gasteiger partial charge in [0, 0.05) is 12.1 Å². The number of rotatable bonds is 6. The molecule has 5 nitrogen and oxygen atoms in total. The molecule has 0 saturated heterocycles. The molecule has 0 fully saturated rings. The molecule has 112 valence electrons. The summed E-state index contributed by atoms with van der Waals surface area (Å²) in [5.74, 6) is 0.790. The van der Waals surface area contributed by atoms with E-state index in [1.165, 1.54) is 0 Å². The first-order valence-corrected chi connectivity index (χ1v) is 8.31. The number of hydrogen-bond acceptors (Lipinski definition) is 4. The summed E-state index contributed by atoms with van der Waals surface area (Å²) in [4.78, 5) is 0. The molecule has 2 rings (SSSR count). The molecule has 0 unspecified atom stereocenters. The lowest BCUT2D eigenvalue weighted by Gasteiger charge is -2.14. The highest BCUT2D eigenvalue weighted by Gasteiger charge is 2.07. The van der Waals surface area contributed by atoms with Crippen LogP contribution in [0.1, 0.15) is 5.56 Å². The van der Waals surface area contributed by atoms with Gasteiger partial charge in [-0.05, 0) is 18.2 Å². The molecule has 0 bridgehead atoms. The Bertz CT molecular complexity index is 714. The Morgan fingerprint density at radius 1 is 1.00 bits per heavy atom. The molecule has 0 spiro atoms. The zero-order valence-electron chi connectivity index (χ0n) is 12.0. The highest BCUT2D eigenvalue weighted by Crippen LogP contribution is 2.24. The van der Waals surface area contributed by atoms with Crippen molar-refractivity contribution in [3.63, 3.8) is 0 Å². The van der Waals surface area contributed by atoms with E-state index in [0.29, 0.717) is 17.9 Å². The lowest BCUT2D eigenvalue weighted by Crippen LogP contribution is -2.12. The van der Waals surface area contributed by atoms with E-state index in [1.54, 1.807) is 19.2 Å². The van der Waals surface area contributed by atoms with E-state index < -0.39 is 10.0 Å². The van der Waals surface area contributed by atoms with E-state index in [2.05, 4.69) is 10.0 Å². The summed E-state index contributed by atoms with van der Waals surface area (Å²) in [6.07, 6.45) is 1.13. The SMILES string of the molecule is COc1ccccc1CNc1ccccc1NS(C)(=O)=O. The van der Waals surface area contributed by atoms with Gasteiger partial charge >= 0.3 is 0 Å². The Hall–Kier alpha value is -2.21. The van der Waals surface area contributed by atoms with E-state index in [4.69, 9.17) is 4.74 Å². The van der Waals surface area contributed by atoms with E-state index in [1.807, 2.05) is 36.4 Å². The van der Waals surface area contributed by atoms with Gasteiger partial charge in [-0.25, -0.2) is 8.42 Å². The largest absolute Gasteiger partial charge is 0.496 e. The maximum absolute atomic E-state index is 11.4. The van der Waals surface area contributed by atoms with Crippen LogP contribution in [-0.2, 0) is 16.6 Å². The van der Waals surface area contributed by atoms with Crippen molar-refractivity contribution >= 4 is 21.4 Å². The zero-order valence-corrected chi connectivity index (χ0v) is 12.8. The third-order valence-corrected chi connectivity index (χ3v) is 3.47. The Morgan fingerprint density at radius 2 is 1.62 bits per heavy atom. The number of para-hydroxylation sites is 3. The molecular weight excluding hydrogens is 288 g/mol. The van der Waals surface area contributed by atoms with Crippen LogP contribution >= 0.6 is 0 Å². The molecule has 0 aliphatic heterocycles. The van der Waals surface area contributed by atoms with Crippen LogP contribution in [0.2, 0.25) is 0 Å². The minimum atomic E-state index is -3.31. The van der Waals surface area contributed by atoms with Gasteiger partial charge in [-0.2, -0.15) is 0 Å². The molecule has 21 heavy (non-hydrogen) atoms. The molecule has 0 amide bonds. The summed E-state index contributed by atoms with van der Waals surface area (Å²) in [6.45, 7) is 0.534. The van der Waals surface area contributed by atoms with Gasteiger partial charge in [0.05, 0.1) is 24.7 Å². The summed E-state index contributed by atoms with van der Waals surface area (Å²) in [5, 5.41) is 3.22. The molecular formula is C15H18N2O3S. The van der Waals surface area contributed by atoms with Crippen molar-refractivity contribution in [1.29, 1.82) is 0 Å². The van der Waals surface area contributed by atoms with Gasteiger partial charge in [0.2, 0.25) is 10.0 Å². The normalized spacial score (nSPS) is 11.0. The molecule has 0 saturated carbocycles. The smallest absolute Gasteiger partial charge is 0.229 e. The lowest BCUT2D eigenvalue weighted by atomic mass is 10.2. The molecule has 2 aromatic rings. The Balaban J connectivity index is 2.17. The number of ether oxygens (including phenoxy) is 1. The van der Waals surface area contributed by atoms with Crippen LogP contribution < -0.4 is 14.8 Å². The predicted molar refractivity (Wildman–Crippen MR) is 85.2 cm³/mol. The number of methoxy groups -OCH3 is 1. The standard InChI is InChI=1S/C15H18N2O3S/c1-20-15-10-6-3-7-12(15)11-16-13-8-4-5-9-14(13)17-21(2,18)19/h3-10,16-17H,11H2,1-2H3. The first-order valence-electron chi connectivity index (χ1n) is 6.42. The Morgan fingerprint density at radius 3 is 2.29 bits per heavy atom. The third kappa shape index (κ3) is 4.39. The average Bonchev–Trinajstić information content (AvgIpc) is 2.45. The van der Waals surface area contributed by atoms with Crippen LogP contribution in [0.25, 0.3) is 0 Å². The molecule has 0 radical (unpaired) electrons. The molecule has 0 heterocycles. The minimum absolute atomic E-state index is 0.523. The summed E-state index contributed by atoms with van der Waals surface area (Å²) in [7, 11) is -1.69. The Kier molecular flexibility index (Phi) is 4.70. The zero-order chi connectivity index (χ0) is 15.3. The number of anilines is 2. The van der Waals surface area contributed by atoms with E-state index in [-0.39, 0.29) is 0 Å². The van der Waals surface area contributed by atoms with Gasteiger partial charge < -0.3 is 10.1 Å². The van der Waals surface area contributed by atoms with Crippen LogP contribution in [0.3, 0.4) is 0 Å². The van der Waals surface area contributed by atoms with E-state index in [9.17, 15) is 8.42 Å². The van der Waals surface area contributed by atoms with Gasteiger partial charge in [-0.1, -0.05) is 30.3 Å². The number of sulfonamides is 1. The molecule has 0 aliphatic carbocycles. The molecule has 6 heteroatoms. The van der Waals surface area contributed by atoms with Crippen molar-refractivity contribution in [3.05, 3.63) is 54.1 Å².